The van der Waals surface area contributed by atoms with Gasteiger partial charge in [0.2, 0.25) is 0 Å². The summed E-state index contributed by atoms with van der Waals surface area (Å²) < 4.78 is 1.18. The van der Waals surface area contributed by atoms with Crippen LogP contribution in [0.15, 0.2) is 42.2 Å². The van der Waals surface area contributed by atoms with E-state index >= 15 is 0 Å². The van der Waals surface area contributed by atoms with Crippen LogP contribution in [0.2, 0.25) is 0 Å². The minimum absolute atomic E-state index is 0.714. The number of hydrogen-bond acceptors (Lipinski definition) is 3. The zero-order valence-electron chi connectivity index (χ0n) is 7.33. The molecule has 1 heterocycles. The maximum absolute atomic E-state index is 5.70. The molecule has 1 aliphatic heterocycles. The molecular weight excluding hydrogens is 186 g/mol. The fourth-order valence-electron chi connectivity index (χ4n) is 1.03. The molecule has 1 rings (SSSR count). The average molecular weight is 198 g/mol. The Morgan fingerprint density at radius 2 is 2.15 bits per heavy atom. The van der Waals surface area contributed by atoms with Crippen LogP contribution in [0.3, 0.4) is 0 Å². The highest BCUT2D eigenvalue weighted by molar-refractivity contribution is 6.14. The maximum Gasteiger partial charge on any atom is 0.0696 e. The Labute approximate surface area is 83.1 Å². The zero-order chi connectivity index (χ0) is 9.68. The van der Waals surface area contributed by atoms with E-state index < -0.39 is 0 Å². The third-order valence-corrected chi connectivity index (χ3v) is 1.67. The second-order valence-electron chi connectivity index (χ2n) is 2.62. The van der Waals surface area contributed by atoms with E-state index in [4.69, 9.17) is 11.8 Å². The van der Waals surface area contributed by atoms with Crippen LogP contribution in [0, 0.1) is 0 Å². The Kier molecular flexibility index (Phi) is 3.58. The minimum atomic E-state index is 0.714. The molecule has 0 saturated carbocycles. The molecule has 1 N–H and O–H groups in total. The number of rotatable bonds is 4. The summed E-state index contributed by atoms with van der Waals surface area (Å²) in [6.45, 7) is 7.29. The van der Waals surface area contributed by atoms with Crippen molar-refractivity contribution in [1.82, 2.24) is 10.1 Å². The van der Waals surface area contributed by atoms with Gasteiger partial charge in [-0.05, 0) is 6.08 Å². The van der Waals surface area contributed by atoms with E-state index in [1.165, 1.54) is 4.64 Å². The fraction of sp³-hybridized carbons (Fsp3) is 0.222. The fourth-order valence-corrected chi connectivity index (χ4v) is 1.23. The van der Waals surface area contributed by atoms with Crippen molar-refractivity contribution in [3.05, 3.63) is 37.1 Å². The maximum atomic E-state index is 5.70. The molecule has 3 nitrogen and oxygen atoms in total. The quantitative estimate of drug-likeness (QED) is 0.554. The first-order valence-electron chi connectivity index (χ1n) is 3.98. The molecule has 0 aromatic rings. The molecule has 0 spiro atoms. The Balaban J connectivity index is 2.71. The summed E-state index contributed by atoms with van der Waals surface area (Å²) in [5.74, 6) is 0. The van der Waals surface area contributed by atoms with Crippen molar-refractivity contribution in [3.63, 3.8) is 0 Å². The molecule has 0 amide bonds. The number of hydrogen-bond donors (Lipinski definition) is 1. The molecule has 70 valence electrons. The Morgan fingerprint density at radius 3 is 2.77 bits per heavy atom. The van der Waals surface area contributed by atoms with Crippen LogP contribution < -0.4 is 5.43 Å². The highest BCUT2D eigenvalue weighted by Gasteiger charge is 2.08. The Bertz CT molecular complexity index is 268. The molecule has 0 aliphatic carbocycles. The van der Waals surface area contributed by atoms with E-state index in [-0.39, 0.29) is 0 Å². The van der Waals surface area contributed by atoms with Crippen LogP contribution in [0.25, 0.3) is 0 Å². The monoisotopic (exact) mass is 197 g/mol. The van der Waals surface area contributed by atoms with Crippen LogP contribution in [0.5, 0.6) is 0 Å². The second-order valence-corrected chi connectivity index (χ2v) is 2.94. The molecule has 0 fully saturated rings. The number of nitrogens with one attached hydrogen (secondary N) is 1. The van der Waals surface area contributed by atoms with E-state index in [9.17, 15) is 0 Å². The number of allylic oxidation sites excluding steroid dienone is 3. The predicted octanol–water partition coefficient (Wildman–Crippen LogP) is 2.35. The van der Waals surface area contributed by atoms with Crippen molar-refractivity contribution >= 4 is 17.5 Å². The van der Waals surface area contributed by atoms with Gasteiger partial charge in [0.05, 0.1) is 17.5 Å². The lowest BCUT2D eigenvalue weighted by atomic mass is 10.2. The van der Waals surface area contributed by atoms with Crippen molar-refractivity contribution in [3.8, 4) is 0 Å². The van der Waals surface area contributed by atoms with Gasteiger partial charge >= 0.3 is 0 Å². The van der Waals surface area contributed by atoms with Gasteiger partial charge in [-0.15, -0.1) is 22.9 Å². The molecule has 0 aromatic heterocycles. The number of nitrogens with zero attached hydrogens (tertiary/aromatic N) is 2. The van der Waals surface area contributed by atoms with E-state index in [1.54, 1.807) is 12.2 Å². The molecule has 4 heteroatoms. The van der Waals surface area contributed by atoms with Gasteiger partial charge < -0.3 is 0 Å². The second kappa shape index (κ2) is 4.72. The molecule has 13 heavy (non-hydrogen) atoms. The Hall–Kier alpha value is -1.22. The van der Waals surface area contributed by atoms with Gasteiger partial charge in [0.1, 0.15) is 0 Å². The number of hydrazone groups is 1. The van der Waals surface area contributed by atoms with Crippen molar-refractivity contribution in [1.29, 1.82) is 0 Å². The van der Waals surface area contributed by atoms with Crippen molar-refractivity contribution in [2.24, 2.45) is 5.10 Å². The minimum Gasteiger partial charge on any atom is -0.271 e. The molecule has 0 bridgehead atoms. The molecular formula is C9H12ClN3. The summed E-state index contributed by atoms with van der Waals surface area (Å²) in [4.78, 5) is 0. The summed E-state index contributed by atoms with van der Waals surface area (Å²) in [6, 6.07) is 0. The molecule has 1 aliphatic rings. The first-order chi connectivity index (χ1) is 6.26. The largest absolute Gasteiger partial charge is 0.271 e. The van der Waals surface area contributed by atoms with Gasteiger partial charge in [0.15, 0.2) is 0 Å². The van der Waals surface area contributed by atoms with Crippen LogP contribution in [-0.2, 0) is 0 Å². The predicted molar refractivity (Wildman–Crippen MR) is 56.0 cm³/mol. The lowest BCUT2D eigenvalue weighted by Gasteiger charge is -2.20. The smallest absolute Gasteiger partial charge is 0.0696 e. The number of hydrazine groups is 1. The van der Waals surface area contributed by atoms with Gasteiger partial charge in [0.25, 0.3) is 0 Å². The third-order valence-electron chi connectivity index (χ3n) is 1.51. The Morgan fingerprint density at radius 1 is 1.46 bits per heavy atom. The molecule has 0 saturated heterocycles. The van der Waals surface area contributed by atoms with E-state index in [2.05, 4.69) is 23.7 Å². The van der Waals surface area contributed by atoms with Crippen LogP contribution in [0.4, 0.5) is 0 Å². The lowest BCUT2D eigenvalue weighted by molar-refractivity contribution is 0.388. The average Bonchev–Trinajstić information content (AvgIpc) is 2.04. The normalized spacial score (nSPS) is 15.6. The third kappa shape index (κ3) is 2.95. The molecule has 0 atom stereocenters. The highest BCUT2D eigenvalue weighted by atomic mass is 35.5. The highest BCUT2D eigenvalue weighted by Crippen LogP contribution is 2.10. The summed E-state index contributed by atoms with van der Waals surface area (Å²) in [5, 5.41) is 4.03. The van der Waals surface area contributed by atoms with E-state index in [0.717, 1.165) is 17.8 Å². The van der Waals surface area contributed by atoms with Gasteiger partial charge in [-0.2, -0.15) is 0 Å². The molecule has 0 radical (unpaired) electrons. The van der Waals surface area contributed by atoms with Crippen LogP contribution in [-0.4, -0.2) is 10.3 Å². The summed E-state index contributed by atoms with van der Waals surface area (Å²) in [7, 11) is 0. The number of halogens is 1. The van der Waals surface area contributed by atoms with Crippen LogP contribution in [0.1, 0.15) is 12.8 Å². The van der Waals surface area contributed by atoms with Crippen LogP contribution >= 0.6 is 11.8 Å². The molecule has 0 unspecified atom stereocenters. The standard InChI is InChI=1S/C9H12ClN3/c1-3-5-8-7-9(6-4-2)12-13(10)11-8/h3-4,7,11H,1-2,5-6H2. The summed E-state index contributed by atoms with van der Waals surface area (Å²) in [5.41, 5.74) is 4.75. The van der Waals surface area contributed by atoms with Gasteiger partial charge in [-0.3, -0.25) is 5.43 Å². The topological polar surface area (TPSA) is 27.6 Å². The van der Waals surface area contributed by atoms with Crippen molar-refractivity contribution < 1.29 is 0 Å². The lowest BCUT2D eigenvalue weighted by Crippen LogP contribution is -2.29. The first kappa shape index (κ1) is 9.86. The zero-order valence-corrected chi connectivity index (χ0v) is 8.09. The summed E-state index contributed by atoms with van der Waals surface area (Å²) in [6.07, 6.45) is 7.00. The van der Waals surface area contributed by atoms with Gasteiger partial charge in [0, 0.05) is 18.5 Å². The first-order valence-corrected chi connectivity index (χ1v) is 4.32. The van der Waals surface area contributed by atoms with Crippen molar-refractivity contribution in [2.75, 3.05) is 0 Å². The SMILES string of the molecule is C=CCC1=CC(CC=C)=NN(Cl)N1. The van der Waals surface area contributed by atoms with E-state index in [0.29, 0.717) is 6.42 Å². The van der Waals surface area contributed by atoms with Gasteiger partial charge in [-0.25, -0.2) is 0 Å². The van der Waals surface area contributed by atoms with E-state index in [1.807, 2.05) is 6.08 Å². The molecule has 0 aromatic carbocycles. The van der Waals surface area contributed by atoms with Gasteiger partial charge in [-0.1, -0.05) is 12.2 Å². The summed E-state index contributed by atoms with van der Waals surface area (Å²) >= 11 is 5.70. The van der Waals surface area contributed by atoms with Crippen molar-refractivity contribution in [2.45, 2.75) is 12.8 Å².